The van der Waals surface area contributed by atoms with E-state index in [9.17, 15) is 22.8 Å². The van der Waals surface area contributed by atoms with E-state index in [0.717, 1.165) is 0 Å². The van der Waals surface area contributed by atoms with Gasteiger partial charge in [0.1, 0.15) is 0 Å². The maximum absolute atomic E-state index is 12.6. The van der Waals surface area contributed by atoms with Gasteiger partial charge in [0.05, 0.1) is 5.69 Å². The van der Waals surface area contributed by atoms with Crippen LogP contribution < -0.4 is 10.4 Å². The molecule has 6 nitrogen and oxygen atoms in total. The second-order valence-electron chi connectivity index (χ2n) is 5.40. The number of likely N-dealkylation sites (tertiary alicyclic amines) is 1. The van der Waals surface area contributed by atoms with E-state index in [-0.39, 0.29) is 22.7 Å². The van der Waals surface area contributed by atoms with Crippen LogP contribution in [0, 0.1) is 0 Å². The summed E-state index contributed by atoms with van der Waals surface area (Å²) in [7, 11) is 0. The Morgan fingerprint density at radius 2 is 1.79 bits per heavy atom. The van der Waals surface area contributed by atoms with E-state index < -0.39 is 12.4 Å². The topological polar surface area (TPSA) is 61.9 Å². The Kier molecular flexibility index (Phi) is 5.66. The average molecular weight is 345 g/mol. The van der Waals surface area contributed by atoms with Gasteiger partial charge in [-0.25, -0.2) is 4.79 Å². The highest BCUT2D eigenvalue weighted by molar-refractivity contribution is 5.90. The number of anilines is 1. The van der Waals surface area contributed by atoms with Gasteiger partial charge in [-0.1, -0.05) is 18.2 Å². The van der Waals surface area contributed by atoms with Crippen LogP contribution in [-0.2, 0) is 9.63 Å². The number of carbonyl (C=O) groups excluding carboxylic acids is 2. The lowest BCUT2D eigenvalue weighted by molar-refractivity contribution is -0.325. The van der Waals surface area contributed by atoms with E-state index in [0.29, 0.717) is 25.9 Å². The van der Waals surface area contributed by atoms with Crippen LogP contribution in [0.4, 0.5) is 23.7 Å². The van der Waals surface area contributed by atoms with Gasteiger partial charge in [-0.2, -0.15) is 9.90 Å². The first kappa shape index (κ1) is 18.1. The molecule has 0 aliphatic carbocycles. The number of benzene rings is 1. The summed E-state index contributed by atoms with van der Waals surface area (Å²) in [6.07, 6.45) is -4.05. The number of urea groups is 1. The molecule has 1 aromatic rings. The summed E-state index contributed by atoms with van der Waals surface area (Å²) in [4.78, 5) is 28.9. The number of rotatable bonds is 3. The van der Waals surface area contributed by atoms with Crippen molar-refractivity contribution in [3.63, 3.8) is 0 Å². The van der Waals surface area contributed by atoms with E-state index in [4.69, 9.17) is 0 Å². The summed E-state index contributed by atoms with van der Waals surface area (Å²) >= 11 is 0. The molecule has 2 rings (SSSR count). The first-order valence-corrected chi connectivity index (χ1v) is 7.43. The van der Waals surface area contributed by atoms with Gasteiger partial charge in [0.2, 0.25) is 5.91 Å². The van der Waals surface area contributed by atoms with Crippen molar-refractivity contribution in [2.24, 2.45) is 0 Å². The minimum atomic E-state index is -4.99. The average Bonchev–Trinajstić information content (AvgIpc) is 2.53. The molecule has 1 aliphatic heterocycles. The van der Waals surface area contributed by atoms with E-state index >= 15 is 0 Å². The number of halogens is 3. The second-order valence-corrected chi connectivity index (χ2v) is 5.40. The molecule has 132 valence electrons. The van der Waals surface area contributed by atoms with Crippen molar-refractivity contribution in [2.75, 3.05) is 18.2 Å². The molecule has 1 aromatic carbocycles. The molecule has 0 saturated carbocycles. The number of para-hydroxylation sites is 1. The van der Waals surface area contributed by atoms with Gasteiger partial charge in [-0.05, 0) is 25.0 Å². The fourth-order valence-electron chi connectivity index (χ4n) is 2.45. The van der Waals surface area contributed by atoms with Gasteiger partial charge < -0.3 is 10.2 Å². The number of amides is 3. The number of hydrogen-bond acceptors (Lipinski definition) is 3. The molecule has 1 heterocycles. The molecular weight excluding hydrogens is 327 g/mol. The lowest BCUT2D eigenvalue weighted by Crippen LogP contribution is -2.51. The quantitative estimate of drug-likeness (QED) is 0.857. The fourth-order valence-corrected chi connectivity index (χ4v) is 2.45. The third-order valence-electron chi connectivity index (χ3n) is 3.64. The Balaban J connectivity index is 2.02. The predicted molar refractivity (Wildman–Crippen MR) is 79.9 cm³/mol. The van der Waals surface area contributed by atoms with Crippen LogP contribution in [0.3, 0.4) is 0 Å². The summed E-state index contributed by atoms with van der Waals surface area (Å²) in [5, 5.41) is 2.72. The molecule has 0 unspecified atom stereocenters. The zero-order valence-corrected chi connectivity index (χ0v) is 13.0. The molecular formula is C15H18F3N3O3. The molecule has 0 aromatic heterocycles. The number of hydrogen-bond donors (Lipinski definition) is 1. The molecule has 0 atom stereocenters. The lowest BCUT2D eigenvalue weighted by atomic mass is 10.1. The molecule has 1 saturated heterocycles. The summed E-state index contributed by atoms with van der Waals surface area (Å²) < 4.78 is 37.7. The number of alkyl halides is 3. The maximum Gasteiger partial charge on any atom is 0.544 e. The lowest BCUT2D eigenvalue weighted by Gasteiger charge is -2.33. The van der Waals surface area contributed by atoms with E-state index in [1.54, 1.807) is 11.0 Å². The Labute approximate surface area is 137 Å². The standard InChI is InChI=1S/C15H18F3N3O3/c1-11(22)20-9-7-12(8-10-20)19-14(23)21(24-15(16,17)18)13-5-3-2-4-6-13/h2-6,12H,7-10H2,1H3,(H,19,23). The number of carbonyl (C=O) groups is 2. The van der Waals surface area contributed by atoms with Gasteiger partial charge in [-0.3, -0.25) is 4.79 Å². The van der Waals surface area contributed by atoms with E-state index in [1.807, 2.05) is 0 Å². The normalized spacial score (nSPS) is 15.9. The molecule has 24 heavy (non-hydrogen) atoms. The van der Waals surface area contributed by atoms with Crippen molar-refractivity contribution in [3.05, 3.63) is 30.3 Å². The van der Waals surface area contributed by atoms with Crippen LogP contribution in [0.1, 0.15) is 19.8 Å². The molecule has 3 amide bonds. The highest BCUT2D eigenvalue weighted by Crippen LogP contribution is 2.24. The van der Waals surface area contributed by atoms with Crippen molar-refractivity contribution in [2.45, 2.75) is 32.2 Å². The van der Waals surface area contributed by atoms with Crippen LogP contribution in [0.25, 0.3) is 0 Å². The predicted octanol–water partition coefficient (Wildman–Crippen LogP) is 2.66. The Hall–Kier alpha value is -2.29. The number of hydroxylamine groups is 1. The molecule has 0 bridgehead atoms. The van der Waals surface area contributed by atoms with Crippen molar-refractivity contribution in [3.8, 4) is 0 Å². The van der Waals surface area contributed by atoms with Crippen LogP contribution >= 0.6 is 0 Å². The minimum Gasteiger partial charge on any atom is -0.343 e. The Morgan fingerprint density at radius 1 is 1.21 bits per heavy atom. The second kappa shape index (κ2) is 7.52. The van der Waals surface area contributed by atoms with Crippen LogP contribution in [-0.4, -0.2) is 42.3 Å². The third kappa shape index (κ3) is 5.12. The van der Waals surface area contributed by atoms with E-state index in [1.165, 1.54) is 31.2 Å². The van der Waals surface area contributed by atoms with Gasteiger partial charge in [0.25, 0.3) is 0 Å². The Morgan fingerprint density at radius 3 is 2.29 bits per heavy atom. The summed E-state index contributed by atoms with van der Waals surface area (Å²) in [5.74, 6) is -0.0638. The largest absolute Gasteiger partial charge is 0.544 e. The third-order valence-corrected chi connectivity index (χ3v) is 3.64. The number of piperidine rings is 1. The summed E-state index contributed by atoms with van der Waals surface area (Å²) in [5.41, 5.74) is -0.0338. The van der Waals surface area contributed by atoms with Crippen LogP contribution in [0.5, 0.6) is 0 Å². The van der Waals surface area contributed by atoms with Crippen molar-refractivity contribution >= 4 is 17.6 Å². The highest BCUT2D eigenvalue weighted by Gasteiger charge is 2.37. The molecule has 9 heteroatoms. The molecule has 0 spiro atoms. The van der Waals surface area contributed by atoms with Gasteiger partial charge in [0.15, 0.2) is 0 Å². The summed E-state index contributed by atoms with van der Waals surface area (Å²) in [6.45, 7) is 2.35. The monoisotopic (exact) mass is 345 g/mol. The maximum atomic E-state index is 12.6. The number of nitrogens with zero attached hydrogens (tertiary/aromatic N) is 2. The summed E-state index contributed by atoms with van der Waals surface area (Å²) in [6, 6.07) is 5.97. The SMILES string of the molecule is CC(=O)N1CCC(NC(=O)N(OC(F)(F)F)c2ccccc2)CC1. The van der Waals surface area contributed by atoms with Gasteiger partial charge in [0, 0.05) is 26.1 Å². The fraction of sp³-hybridized carbons (Fsp3) is 0.467. The van der Waals surface area contributed by atoms with Gasteiger partial charge >= 0.3 is 12.4 Å². The minimum absolute atomic E-state index is 0.0338. The molecule has 1 aliphatic rings. The molecule has 1 fully saturated rings. The first-order chi connectivity index (χ1) is 11.3. The van der Waals surface area contributed by atoms with Crippen LogP contribution in [0.15, 0.2) is 30.3 Å². The van der Waals surface area contributed by atoms with Crippen molar-refractivity contribution in [1.29, 1.82) is 0 Å². The van der Waals surface area contributed by atoms with Gasteiger partial charge in [-0.15, -0.1) is 13.2 Å². The molecule has 1 N–H and O–H groups in total. The van der Waals surface area contributed by atoms with E-state index in [2.05, 4.69) is 10.2 Å². The highest BCUT2D eigenvalue weighted by atomic mass is 19.4. The van der Waals surface area contributed by atoms with Crippen LogP contribution in [0.2, 0.25) is 0 Å². The van der Waals surface area contributed by atoms with Crippen molar-refractivity contribution < 1.29 is 27.6 Å². The van der Waals surface area contributed by atoms with Crippen molar-refractivity contribution in [1.82, 2.24) is 10.2 Å². The molecule has 0 radical (unpaired) electrons. The zero-order chi connectivity index (χ0) is 17.7. The zero-order valence-electron chi connectivity index (χ0n) is 13.0. The number of nitrogens with one attached hydrogen (secondary N) is 1. The first-order valence-electron chi connectivity index (χ1n) is 7.43. The Bertz CT molecular complexity index is 572. The smallest absolute Gasteiger partial charge is 0.343 e.